The van der Waals surface area contributed by atoms with E-state index in [9.17, 15) is 4.79 Å². The molecule has 0 spiro atoms. The summed E-state index contributed by atoms with van der Waals surface area (Å²) in [5.74, 6) is 1.58. The predicted octanol–water partition coefficient (Wildman–Crippen LogP) is 3.11. The molecule has 5 nitrogen and oxygen atoms in total. The molecule has 0 aliphatic heterocycles. The van der Waals surface area contributed by atoms with Gasteiger partial charge < -0.3 is 5.32 Å². The van der Waals surface area contributed by atoms with E-state index in [4.69, 9.17) is 0 Å². The molecule has 24 heavy (non-hydrogen) atoms. The van der Waals surface area contributed by atoms with Crippen molar-refractivity contribution in [2.45, 2.75) is 17.9 Å². The largest absolute Gasteiger partial charge is 0.341 e. The number of H-pyrrole nitrogens is 1. The lowest BCUT2D eigenvalue weighted by molar-refractivity contribution is -0.119. The van der Waals surface area contributed by atoms with E-state index < -0.39 is 0 Å². The number of hydrogen-bond acceptors (Lipinski definition) is 4. The number of amides is 1. The number of hydrogen-bond donors (Lipinski definition) is 2. The lowest BCUT2D eigenvalue weighted by Crippen LogP contribution is -2.31. The monoisotopic (exact) mass is 338 g/mol. The maximum Gasteiger partial charge on any atom is 0.231 e. The van der Waals surface area contributed by atoms with Gasteiger partial charge in [0.15, 0.2) is 5.82 Å². The number of nitrogens with one attached hydrogen (secondary N) is 2. The normalized spacial score (nSPS) is 11.9. The molecule has 6 heteroatoms. The van der Waals surface area contributed by atoms with Crippen LogP contribution in [-0.2, 0) is 4.79 Å². The number of carbonyl (C=O) groups is 1. The third-order valence-electron chi connectivity index (χ3n) is 3.42. The number of benzene rings is 2. The van der Waals surface area contributed by atoms with Gasteiger partial charge >= 0.3 is 0 Å². The molecule has 0 aliphatic carbocycles. The topological polar surface area (TPSA) is 70.7 Å². The van der Waals surface area contributed by atoms with Gasteiger partial charge in [0.1, 0.15) is 11.9 Å². The highest BCUT2D eigenvalue weighted by Crippen LogP contribution is 2.20. The summed E-state index contributed by atoms with van der Waals surface area (Å²) in [6.45, 7) is 1.84. The van der Waals surface area contributed by atoms with Crippen LogP contribution in [0.15, 0.2) is 65.6 Å². The molecule has 1 atom stereocenters. The molecule has 3 rings (SSSR count). The summed E-state index contributed by atoms with van der Waals surface area (Å²) in [4.78, 5) is 17.8. The Morgan fingerprint density at radius 1 is 1.12 bits per heavy atom. The van der Waals surface area contributed by atoms with E-state index in [1.54, 1.807) is 0 Å². The molecule has 1 aromatic heterocycles. The molecule has 0 radical (unpaired) electrons. The van der Waals surface area contributed by atoms with E-state index >= 15 is 0 Å². The van der Waals surface area contributed by atoms with Crippen molar-refractivity contribution in [2.24, 2.45) is 0 Å². The van der Waals surface area contributed by atoms with E-state index in [1.807, 2.05) is 67.6 Å². The highest BCUT2D eigenvalue weighted by Gasteiger charge is 2.20. The maximum absolute atomic E-state index is 12.4. The first-order valence-corrected chi connectivity index (χ1v) is 8.62. The van der Waals surface area contributed by atoms with Gasteiger partial charge in [0, 0.05) is 4.90 Å². The van der Waals surface area contributed by atoms with E-state index in [2.05, 4.69) is 20.5 Å². The maximum atomic E-state index is 12.4. The van der Waals surface area contributed by atoms with Crippen molar-refractivity contribution >= 4 is 17.7 Å². The van der Waals surface area contributed by atoms with Crippen LogP contribution in [0.3, 0.4) is 0 Å². The summed E-state index contributed by atoms with van der Waals surface area (Å²) in [5.41, 5.74) is 0.953. The summed E-state index contributed by atoms with van der Waals surface area (Å²) in [7, 11) is 0. The molecule has 0 saturated carbocycles. The van der Waals surface area contributed by atoms with Crippen molar-refractivity contribution in [2.75, 3.05) is 5.75 Å². The van der Waals surface area contributed by atoms with E-state index in [1.165, 1.54) is 11.8 Å². The second-order valence-corrected chi connectivity index (χ2v) is 6.34. The average Bonchev–Trinajstić information content (AvgIpc) is 3.05. The van der Waals surface area contributed by atoms with Crippen LogP contribution in [0, 0.1) is 6.92 Å². The Kier molecular flexibility index (Phi) is 5.28. The van der Waals surface area contributed by atoms with Crippen LogP contribution in [0.2, 0.25) is 0 Å². The number of aromatic amines is 1. The van der Waals surface area contributed by atoms with Crippen molar-refractivity contribution in [3.63, 3.8) is 0 Å². The molecule has 2 aromatic carbocycles. The smallest absolute Gasteiger partial charge is 0.231 e. The summed E-state index contributed by atoms with van der Waals surface area (Å²) in [5, 5.41) is 10.1. The van der Waals surface area contributed by atoms with E-state index in [0.717, 1.165) is 16.3 Å². The van der Waals surface area contributed by atoms with Gasteiger partial charge in [-0.1, -0.05) is 48.5 Å². The van der Waals surface area contributed by atoms with Crippen molar-refractivity contribution in [3.05, 3.63) is 77.9 Å². The number of rotatable bonds is 6. The zero-order valence-electron chi connectivity index (χ0n) is 13.3. The third kappa shape index (κ3) is 4.23. The zero-order chi connectivity index (χ0) is 16.8. The molecule has 0 saturated heterocycles. The van der Waals surface area contributed by atoms with Gasteiger partial charge in [0.05, 0.1) is 5.75 Å². The third-order valence-corrected chi connectivity index (χ3v) is 4.44. The second kappa shape index (κ2) is 7.79. The Balaban J connectivity index is 1.71. The Hall–Kier alpha value is -2.60. The zero-order valence-corrected chi connectivity index (χ0v) is 14.1. The van der Waals surface area contributed by atoms with Gasteiger partial charge in [-0.05, 0) is 24.6 Å². The van der Waals surface area contributed by atoms with Gasteiger partial charge in [-0.3, -0.25) is 9.89 Å². The first-order valence-electron chi connectivity index (χ1n) is 7.63. The van der Waals surface area contributed by atoms with Crippen LogP contribution in [0.1, 0.15) is 23.3 Å². The molecule has 0 bridgehead atoms. The Morgan fingerprint density at radius 2 is 1.79 bits per heavy atom. The van der Waals surface area contributed by atoms with Crippen LogP contribution in [-0.4, -0.2) is 26.8 Å². The minimum atomic E-state index is -0.361. The average molecular weight is 338 g/mol. The second-order valence-electron chi connectivity index (χ2n) is 5.29. The minimum Gasteiger partial charge on any atom is -0.341 e. The number of nitrogens with zero attached hydrogens (tertiary/aromatic N) is 2. The molecule has 0 fully saturated rings. The summed E-state index contributed by atoms with van der Waals surface area (Å²) in [6, 6.07) is 19.2. The standard InChI is InChI=1S/C18H18N4OS/c1-13-19-18(22-21-13)17(14-8-4-2-5-9-14)20-16(23)12-24-15-10-6-3-7-11-15/h2-11,17H,12H2,1H3,(H,20,23)(H,19,21,22)/t17-/m0/s1. The van der Waals surface area contributed by atoms with Crippen molar-refractivity contribution in [1.29, 1.82) is 0 Å². The molecule has 1 heterocycles. The predicted molar refractivity (Wildman–Crippen MR) is 94.7 cm³/mol. The van der Waals surface area contributed by atoms with Gasteiger partial charge in [0.25, 0.3) is 0 Å². The number of carbonyl (C=O) groups excluding carboxylic acids is 1. The van der Waals surface area contributed by atoms with Crippen molar-refractivity contribution in [3.8, 4) is 0 Å². The molecule has 2 N–H and O–H groups in total. The highest BCUT2D eigenvalue weighted by atomic mass is 32.2. The van der Waals surface area contributed by atoms with Crippen LogP contribution in [0.4, 0.5) is 0 Å². The Bertz CT molecular complexity index is 789. The van der Waals surface area contributed by atoms with Gasteiger partial charge in [-0.15, -0.1) is 11.8 Å². The quantitative estimate of drug-likeness (QED) is 0.678. The van der Waals surface area contributed by atoms with E-state index in [-0.39, 0.29) is 11.9 Å². The van der Waals surface area contributed by atoms with Gasteiger partial charge in [0.2, 0.25) is 5.91 Å². The summed E-state index contributed by atoms with van der Waals surface area (Å²) < 4.78 is 0. The Morgan fingerprint density at radius 3 is 2.42 bits per heavy atom. The minimum absolute atomic E-state index is 0.0554. The fourth-order valence-corrected chi connectivity index (χ4v) is 3.03. The van der Waals surface area contributed by atoms with Crippen LogP contribution >= 0.6 is 11.8 Å². The first-order chi connectivity index (χ1) is 11.7. The van der Waals surface area contributed by atoms with Crippen LogP contribution in [0.5, 0.6) is 0 Å². The lowest BCUT2D eigenvalue weighted by atomic mass is 10.1. The number of aryl methyl sites for hydroxylation is 1. The van der Waals surface area contributed by atoms with Crippen LogP contribution in [0.25, 0.3) is 0 Å². The van der Waals surface area contributed by atoms with Gasteiger partial charge in [-0.2, -0.15) is 5.10 Å². The SMILES string of the molecule is Cc1nc([C@@H](NC(=O)CSc2ccccc2)c2ccccc2)n[nH]1. The highest BCUT2D eigenvalue weighted by molar-refractivity contribution is 8.00. The first kappa shape index (κ1) is 16.3. The fraction of sp³-hybridized carbons (Fsp3) is 0.167. The molecular formula is C18H18N4OS. The molecule has 0 unspecified atom stereocenters. The van der Waals surface area contributed by atoms with Crippen molar-refractivity contribution in [1.82, 2.24) is 20.5 Å². The molecule has 0 aliphatic rings. The number of aromatic nitrogens is 3. The summed E-state index contributed by atoms with van der Waals surface area (Å²) >= 11 is 1.51. The lowest BCUT2D eigenvalue weighted by Gasteiger charge is -2.16. The summed E-state index contributed by atoms with van der Waals surface area (Å²) in [6.07, 6.45) is 0. The Labute approximate surface area is 144 Å². The fourth-order valence-electron chi connectivity index (χ4n) is 2.30. The number of thioether (sulfide) groups is 1. The van der Waals surface area contributed by atoms with E-state index in [0.29, 0.717) is 11.6 Å². The van der Waals surface area contributed by atoms with Gasteiger partial charge in [-0.25, -0.2) is 4.98 Å². The van der Waals surface area contributed by atoms with Crippen LogP contribution < -0.4 is 5.32 Å². The van der Waals surface area contributed by atoms with Crippen molar-refractivity contribution < 1.29 is 4.79 Å². The molecular weight excluding hydrogens is 320 g/mol. The molecule has 3 aromatic rings. The molecule has 1 amide bonds. The molecule has 122 valence electrons.